The molecule has 1 aromatic heterocycles. The van der Waals surface area contributed by atoms with Crippen LogP contribution in [0.1, 0.15) is 11.4 Å². The van der Waals surface area contributed by atoms with Crippen LogP contribution in [0.2, 0.25) is 0 Å². The molecule has 3 N–H and O–H groups in total. The molecule has 0 atom stereocenters. The molecule has 0 amide bonds. The van der Waals surface area contributed by atoms with Crippen molar-refractivity contribution in [1.82, 2.24) is 14.7 Å². The van der Waals surface area contributed by atoms with Crippen LogP contribution in [0.3, 0.4) is 0 Å². The quantitative estimate of drug-likeness (QED) is 0.707. The van der Waals surface area contributed by atoms with Crippen LogP contribution in [-0.4, -0.2) is 30.0 Å². The van der Waals surface area contributed by atoms with Crippen molar-refractivity contribution in [3.63, 3.8) is 0 Å². The summed E-state index contributed by atoms with van der Waals surface area (Å²) in [5, 5.41) is 9.05. The summed E-state index contributed by atoms with van der Waals surface area (Å²) in [4.78, 5) is 6.30. The standard InChI is InChI=1S/C12H13BrFN3O3S/c13-9-5-8(7-18)12(14)10(6-9)21(19,20)17-2-1-11-15-3-4-16-11/h3-6,17-18H,1-2,7H2,(H,15,16). The number of sulfonamides is 1. The van der Waals surface area contributed by atoms with Gasteiger partial charge in [0.15, 0.2) is 0 Å². The van der Waals surface area contributed by atoms with E-state index in [1.807, 2.05) is 0 Å². The highest BCUT2D eigenvalue weighted by Crippen LogP contribution is 2.24. The Kier molecular flexibility index (Phi) is 5.09. The first-order chi connectivity index (χ1) is 9.94. The minimum absolute atomic E-state index is 0.0796. The zero-order chi connectivity index (χ0) is 15.5. The third-order valence-electron chi connectivity index (χ3n) is 2.75. The number of benzene rings is 1. The van der Waals surface area contributed by atoms with Gasteiger partial charge in [0.25, 0.3) is 0 Å². The second-order valence-corrected chi connectivity index (χ2v) is 6.87. The first-order valence-corrected chi connectivity index (χ1v) is 8.28. The summed E-state index contributed by atoms with van der Waals surface area (Å²) in [5.41, 5.74) is -0.0872. The summed E-state index contributed by atoms with van der Waals surface area (Å²) in [5.74, 6) is -0.324. The van der Waals surface area contributed by atoms with E-state index < -0.39 is 27.3 Å². The van der Waals surface area contributed by atoms with Crippen LogP contribution >= 0.6 is 15.9 Å². The van der Waals surface area contributed by atoms with E-state index in [1.54, 1.807) is 12.4 Å². The molecular formula is C12H13BrFN3O3S. The first kappa shape index (κ1) is 16.1. The highest BCUT2D eigenvalue weighted by Gasteiger charge is 2.22. The number of H-pyrrole nitrogens is 1. The van der Waals surface area contributed by atoms with Crippen LogP contribution in [0.5, 0.6) is 0 Å². The zero-order valence-electron chi connectivity index (χ0n) is 10.8. The van der Waals surface area contributed by atoms with Crippen LogP contribution in [0.15, 0.2) is 33.9 Å². The van der Waals surface area contributed by atoms with E-state index >= 15 is 0 Å². The van der Waals surface area contributed by atoms with Gasteiger partial charge in [0.1, 0.15) is 16.5 Å². The molecule has 1 aromatic carbocycles. The molecule has 0 aliphatic rings. The molecule has 0 spiro atoms. The summed E-state index contributed by atoms with van der Waals surface area (Å²) >= 11 is 3.10. The highest BCUT2D eigenvalue weighted by molar-refractivity contribution is 9.10. The fourth-order valence-electron chi connectivity index (χ4n) is 1.75. The number of aliphatic hydroxyl groups is 1. The number of aromatic amines is 1. The van der Waals surface area contributed by atoms with Crippen molar-refractivity contribution >= 4 is 26.0 Å². The molecule has 2 aromatic rings. The highest BCUT2D eigenvalue weighted by atomic mass is 79.9. The molecule has 6 nitrogen and oxygen atoms in total. The lowest BCUT2D eigenvalue weighted by molar-refractivity contribution is 0.274. The minimum Gasteiger partial charge on any atom is -0.392 e. The van der Waals surface area contributed by atoms with Crippen molar-refractivity contribution in [2.75, 3.05) is 6.54 Å². The number of rotatable bonds is 6. The van der Waals surface area contributed by atoms with Crippen LogP contribution in [0, 0.1) is 5.82 Å². The summed E-state index contributed by atoms with van der Waals surface area (Å²) in [6, 6.07) is 2.49. The Hall–Kier alpha value is -1.29. The molecule has 0 saturated carbocycles. The van der Waals surface area contributed by atoms with Crippen molar-refractivity contribution in [2.24, 2.45) is 0 Å². The van der Waals surface area contributed by atoms with Gasteiger partial charge in [-0.1, -0.05) is 15.9 Å². The maximum atomic E-state index is 14.0. The number of aromatic nitrogens is 2. The largest absolute Gasteiger partial charge is 0.392 e. The van der Waals surface area contributed by atoms with E-state index in [-0.39, 0.29) is 12.1 Å². The van der Waals surface area contributed by atoms with Crippen LogP contribution < -0.4 is 4.72 Å². The average molecular weight is 378 g/mol. The number of hydrogen-bond donors (Lipinski definition) is 3. The Morgan fingerprint density at radius 3 is 2.81 bits per heavy atom. The SMILES string of the molecule is O=S(=O)(NCCc1ncc[nH]1)c1cc(Br)cc(CO)c1F. The number of aliphatic hydroxyl groups excluding tert-OH is 1. The fraction of sp³-hybridized carbons (Fsp3) is 0.250. The van der Waals surface area contributed by atoms with Crippen LogP contribution in [0.25, 0.3) is 0 Å². The summed E-state index contributed by atoms with van der Waals surface area (Å²) in [7, 11) is -4.01. The summed E-state index contributed by atoms with van der Waals surface area (Å²) < 4.78 is 40.9. The molecule has 21 heavy (non-hydrogen) atoms. The Bertz CT molecular complexity index is 720. The van der Waals surface area contributed by atoms with E-state index in [1.165, 1.54) is 6.07 Å². The van der Waals surface area contributed by atoms with Gasteiger partial charge in [-0.25, -0.2) is 22.5 Å². The number of nitrogens with one attached hydrogen (secondary N) is 2. The molecular weight excluding hydrogens is 365 g/mol. The lowest BCUT2D eigenvalue weighted by atomic mass is 10.2. The lowest BCUT2D eigenvalue weighted by Gasteiger charge is -2.10. The second-order valence-electron chi connectivity index (χ2n) is 4.22. The molecule has 0 aliphatic heterocycles. The Labute approximate surface area is 129 Å². The van der Waals surface area contributed by atoms with E-state index in [9.17, 15) is 12.8 Å². The number of imidazole rings is 1. The van der Waals surface area contributed by atoms with Gasteiger partial charge in [-0.3, -0.25) is 0 Å². The molecule has 114 valence electrons. The normalized spacial score (nSPS) is 11.8. The maximum Gasteiger partial charge on any atom is 0.243 e. The molecule has 0 saturated heterocycles. The fourth-order valence-corrected chi connectivity index (χ4v) is 3.58. The molecule has 0 fully saturated rings. The van der Waals surface area contributed by atoms with Crippen molar-refractivity contribution in [3.05, 3.63) is 46.2 Å². The van der Waals surface area contributed by atoms with Gasteiger partial charge in [0.05, 0.1) is 6.61 Å². The van der Waals surface area contributed by atoms with E-state index in [0.29, 0.717) is 16.7 Å². The third-order valence-corrected chi connectivity index (χ3v) is 4.67. The van der Waals surface area contributed by atoms with Crippen molar-refractivity contribution in [1.29, 1.82) is 0 Å². The van der Waals surface area contributed by atoms with E-state index in [0.717, 1.165) is 6.07 Å². The van der Waals surface area contributed by atoms with Crippen molar-refractivity contribution in [2.45, 2.75) is 17.9 Å². The Morgan fingerprint density at radius 2 is 2.19 bits per heavy atom. The molecule has 1 heterocycles. The number of halogens is 2. The molecule has 0 radical (unpaired) electrons. The Balaban J connectivity index is 2.17. The van der Waals surface area contributed by atoms with Gasteiger partial charge in [-0.05, 0) is 12.1 Å². The van der Waals surface area contributed by atoms with Crippen molar-refractivity contribution in [3.8, 4) is 0 Å². The van der Waals surface area contributed by atoms with Gasteiger partial charge in [0, 0.05) is 35.4 Å². The average Bonchev–Trinajstić information content (AvgIpc) is 2.93. The van der Waals surface area contributed by atoms with Gasteiger partial charge >= 0.3 is 0 Å². The first-order valence-electron chi connectivity index (χ1n) is 6.00. The predicted octanol–water partition coefficient (Wildman–Crippen LogP) is 1.32. The van der Waals surface area contributed by atoms with Crippen molar-refractivity contribution < 1.29 is 17.9 Å². The van der Waals surface area contributed by atoms with Gasteiger partial charge in [-0.15, -0.1) is 0 Å². The smallest absolute Gasteiger partial charge is 0.243 e. The van der Waals surface area contributed by atoms with Gasteiger partial charge in [0.2, 0.25) is 10.0 Å². The number of hydrogen-bond acceptors (Lipinski definition) is 4. The molecule has 0 unspecified atom stereocenters. The minimum atomic E-state index is -4.01. The zero-order valence-corrected chi connectivity index (χ0v) is 13.2. The predicted molar refractivity (Wildman–Crippen MR) is 77.5 cm³/mol. The van der Waals surface area contributed by atoms with Gasteiger partial charge in [-0.2, -0.15) is 0 Å². The van der Waals surface area contributed by atoms with E-state index in [4.69, 9.17) is 5.11 Å². The molecule has 0 aliphatic carbocycles. The summed E-state index contributed by atoms with van der Waals surface area (Å²) in [6.07, 6.45) is 3.55. The number of nitrogens with zero attached hydrogens (tertiary/aromatic N) is 1. The molecule has 0 bridgehead atoms. The topological polar surface area (TPSA) is 95.1 Å². The van der Waals surface area contributed by atoms with Crippen LogP contribution in [-0.2, 0) is 23.1 Å². The van der Waals surface area contributed by atoms with Crippen LogP contribution in [0.4, 0.5) is 4.39 Å². The lowest BCUT2D eigenvalue weighted by Crippen LogP contribution is -2.27. The second kappa shape index (κ2) is 6.65. The van der Waals surface area contributed by atoms with E-state index in [2.05, 4.69) is 30.6 Å². The Morgan fingerprint density at radius 1 is 1.43 bits per heavy atom. The third kappa shape index (κ3) is 3.88. The molecule has 2 rings (SSSR count). The maximum absolute atomic E-state index is 14.0. The van der Waals surface area contributed by atoms with Gasteiger partial charge < -0.3 is 10.1 Å². The monoisotopic (exact) mass is 377 g/mol. The summed E-state index contributed by atoms with van der Waals surface area (Å²) in [6.45, 7) is -0.504. The molecule has 9 heteroatoms.